The SMILES string of the molecule is CN1CC2(CCNC2)c2cccc(O)c21. The smallest absolute Gasteiger partial charge is 0.139 e. The molecule has 1 aromatic rings. The minimum Gasteiger partial charge on any atom is -0.506 e. The predicted octanol–water partition coefficient (Wildman–Crippen LogP) is 1.07. The highest BCUT2D eigenvalue weighted by atomic mass is 16.3. The van der Waals surface area contributed by atoms with Crippen molar-refractivity contribution in [3.8, 4) is 5.75 Å². The Morgan fingerprint density at radius 2 is 2.33 bits per heavy atom. The van der Waals surface area contributed by atoms with Crippen LogP contribution in [0.2, 0.25) is 0 Å². The fourth-order valence-electron chi connectivity index (χ4n) is 3.09. The number of hydrogen-bond acceptors (Lipinski definition) is 3. The molecule has 0 saturated carbocycles. The van der Waals surface area contributed by atoms with Gasteiger partial charge in [0.1, 0.15) is 5.75 Å². The second-order valence-corrected chi connectivity index (χ2v) is 4.74. The van der Waals surface area contributed by atoms with Gasteiger partial charge in [0.05, 0.1) is 5.69 Å². The Kier molecular flexibility index (Phi) is 1.74. The van der Waals surface area contributed by atoms with Gasteiger partial charge in [0.15, 0.2) is 0 Å². The lowest BCUT2D eigenvalue weighted by Crippen LogP contribution is -2.33. The van der Waals surface area contributed by atoms with Gasteiger partial charge >= 0.3 is 0 Å². The summed E-state index contributed by atoms with van der Waals surface area (Å²) in [7, 11) is 2.06. The second kappa shape index (κ2) is 2.89. The highest BCUT2D eigenvalue weighted by Gasteiger charge is 2.44. The number of likely N-dealkylation sites (N-methyl/N-ethyl adjacent to an activating group) is 1. The van der Waals surface area contributed by atoms with E-state index in [1.54, 1.807) is 6.07 Å². The number of phenolic OH excluding ortho intramolecular Hbond substituents is 1. The van der Waals surface area contributed by atoms with E-state index in [2.05, 4.69) is 23.3 Å². The van der Waals surface area contributed by atoms with Gasteiger partial charge in [-0.05, 0) is 24.6 Å². The molecule has 1 unspecified atom stereocenters. The van der Waals surface area contributed by atoms with Crippen LogP contribution in [0.5, 0.6) is 5.75 Å². The summed E-state index contributed by atoms with van der Waals surface area (Å²) in [6, 6.07) is 5.88. The van der Waals surface area contributed by atoms with E-state index in [1.165, 1.54) is 12.0 Å². The zero-order valence-corrected chi connectivity index (χ0v) is 8.95. The van der Waals surface area contributed by atoms with E-state index < -0.39 is 0 Å². The Hall–Kier alpha value is -1.22. The Balaban J connectivity index is 2.17. The molecule has 3 nitrogen and oxygen atoms in total. The van der Waals surface area contributed by atoms with E-state index in [0.29, 0.717) is 5.75 Å². The van der Waals surface area contributed by atoms with Gasteiger partial charge in [0.25, 0.3) is 0 Å². The molecule has 1 aromatic carbocycles. The fourth-order valence-corrected chi connectivity index (χ4v) is 3.09. The molecule has 15 heavy (non-hydrogen) atoms. The van der Waals surface area contributed by atoms with Crippen LogP contribution in [0, 0.1) is 0 Å². The topological polar surface area (TPSA) is 35.5 Å². The van der Waals surface area contributed by atoms with Crippen molar-refractivity contribution in [2.45, 2.75) is 11.8 Å². The summed E-state index contributed by atoms with van der Waals surface area (Å²) in [6.07, 6.45) is 1.17. The van der Waals surface area contributed by atoms with Crippen LogP contribution >= 0.6 is 0 Å². The van der Waals surface area contributed by atoms with Gasteiger partial charge in [-0.15, -0.1) is 0 Å². The first kappa shape index (κ1) is 9.04. The summed E-state index contributed by atoms with van der Waals surface area (Å²) in [6.45, 7) is 3.14. The summed E-state index contributed by atoms with van der Waals surface area (Å²) < 4.78 is 0. The number of aromatic hydroxyl groups is 1. The van der Waals surface area contributed by atoms with Gasteiger partial charge < -0.3 is 15.3 Å². The first-order valence-corrected chi connectivity index (χ1v) is 5.47. The summed E-state index contributed by atoms with van der Waals surface area (Å²) in [4.78, 5) is 2.18. The van der Waals surface area contributed by atoms with Crippen LogP contribution in [0.25, 0.3) is 0 Å². The zero-order chi connectivity index (χ0) is 10.5. The maximum Gasteiger partial charge on any atom is 0.139 e. The van der Waals surface area contributed by atoms with Gasteiger partial charge in [-0.25, -0.2) is 0 Å². The highest BCUT2D eigenvalue weighted by molar-refractivity contribution is 5.70. The lowest BCUT2D eigenvalue weighted by molar-refractivity contribution is 0.476. The van der Waals surface area contributed by atoms with Crippen molar-refractivity contribution in [1.29, 1.82) is 0 Å². The van der Waals surface area contributed by atoms with Crippen LogP contribution in [-0.2, 0) is 5.41 Å². The van der Waals surface area contributed by atoms with Crippen LogP contribution in [-0.4, -0.2) is 31.8 Å². The average molecular weight is 204 g/mol. The van der Waals surface area contributed by atoms with Crippen LogP contribution in [0.3, 0.4) is 0 Å². The van der Waals surface area contributed by atoms with E-state index >= 15 is 0 Å². The molecule has 0 aromatic heterocycles. The molecule has 0 amide bonds. The lowest BCUT2D eigenvalue weighted by Gasteiger charge is -2.22. The predicted molar refractivity (Wildman–Crippen MR) is 60.5 cm³/mol. The van der Waals surface area contributed by atoms with Gasteiger partial charge in [-0.1, -0.05) is 12.1 Å². The van der Waals surface area contributed by atoms with Gasteiger partial charge in [0.2, 0.25) is 0 Å². The van der Waals surface area contributed by atoms with Crippen molar-refractivity contribution in [1.82, 2.24) is 5.32 Å². The number of hydrogen-bond donors (Lipinski definition) is 2. The first-order valence-electron chi connectivity index (χ1n) is 5.47. The normalized spacial score (nSPS) is 28.7. The number of rotatable bonds is 0. The van der Waals surface area contributed by atoms with E-state index in [0.717, 1.165) is 25.3 Å². The van der Waals surface area contributed by atoms with Crippen LogP contribution in [0.4, 0.5) is 5.69 Å². The molecule has 0 bridgehead atoms. The third kappa shape index (κ3) is 1.10. The number of para-hydroxylation sites is 1. The molecule has 0 aliphatic carbocycles. The molecule has 1 saturated heterocycles. The molecule has 80 valence electrons. The second-order valence-electron chi connectivity index (χ2n) is 4.74. The Morgan fingerprint density at radius 1 is 1.47 bits per heavy atom. The van der Waals surface area contributed by atoms with Crippen LogP contribution in [0.1, 0.15) is 12.0 Å². The minimum absolute atomic E-state index is 0.239. The number of fused-ring (bicyclic) bond motifs is 2. The van der Waals surface area contributed by atoms with E-state index in [-0.39, 0.29) is 5.41 Å². The van der Waals surface area contributed by atoms with E-state index in [9.17, 15) is 5.11 Å². The standard InChI is InChI=1S/C12H16N2O/c1-14-8-12(5-6-13-7-12)9-3-2-4-10(15)11(9)14/h2-4,13,15H,5-8H2,1H3. The number of phenols is 1. The van der Waals surface area contributed by atoms with Crippen molar-refractivity contribution in [3.05, 3.63) is 23.8 Å². The molecular formula is C12H16N2O. The summed E-state index contributed by atoms with van der Waals surface area (Å²) in [5, 5.41) is 13.3. The number of nitrogens with one attached hydrogen (secondary N) is 1. The molecule has 0 radical (unpaired) electrons. The van der Waals surface area contributed by atoms with Gasteiger partial charge in [-0.2, -0.15) is 0 Å². The molecule has 1 fully saturated rings. The summed E-state index contributed by atoms with van der Waals surface area (Å²) >= 11 is 0. The highest BCUT2D eigenvalue weighted by Crippen LogP contribution is 2.47. The van der Waals surface area contributed by atoms with Crippen molar-refractivity contribution in [2.75, 3.05) is 31.6 Å². The number of anilines is 1. The summed E-state index contributed by atoms with van der Waals surface area (Å²) in [5.41, 5.74) is 2.58. The minimum atomic E-state index is 0.239. The van der Waals surface area contributed by atoms with Crippen molar-refractivity contribution >= 4 is 5.69 Å². The molecular weight excluding hydrogens is 188 g/mol. The van der Waals surface area contributed by atoms with Crippen molar-refractivity contribution < 1.29 is 5.11 Å². The monoisotopic (exact) mass is 204 g/mol. The van der Waals surface area contributed by atoms with Crippen LogP contribution < -0.4 is 10.2 Å². The lowest BCUT2D eigenvalue weighted by atomic mass is 9.81. The number of benzene rings is 1. The molecule has 2 aliphatic rings. The third-order valence-corrected chi connectivity index (χ3v) is 3.75. The molecule has 3 rings (SSSR count). The van der Waals surface area contributed by atoms with E-state index in [1.807, 2.05) is 6.07 Å². The molecule has 2 N–H and O–H groups in total. The Bertz CT molecular complexity index is 397. The Morgan fingerprint density at radius 3 is 3.07 bits per heavy atom. The largest absolute Gasteiger partial charge is 0.506 e. The van der Waals surface area contributed by atoms with E-state index in [4.69, 9.17) is 0 Å². The molecule has 2 aliphatic heterocycles. The zero-order valence-electron chi connectivity index (χ0n) is 8.95. The molecule has 3 heteroatoms. The first-order chi connectivity index (χ1) is 7.23. The maximum atomic E-state index is 9.88. The number of nitrogens with zero attached hydrogens (tertiary/aromatic N) is 1. The molecule has 1 atom stereocenters. The molecule has 2 heterocycles. The van der Waals surface area contributed by atoms with Crippen molar-refractivity contribution in [2.24, 2.45) is 0 Å². The van der Waals surface area contributed by atoms with Gasteiger partial charge in [-0.3, -0.25) is 0 Å². The molecule has 1 spiro atoms. The quantitative estimate of drug-likeness (QED) is 0.663. The van der Waals surface area contributed by atoms with Gasteiger partial charge in [0, 0.05) is 25.6 Å². The Labute approximate surface area is 89.7 Å². The van der Waals surface area contributed by atoms with Crippen molar-refractivity contribution in [3.63, 3.8) is 0 Å². The third-order valence-electron chi connectivity index (χ3n) is 3.75. The summed E-state index contributed by atoms with van der Waals surface area (Å²) in [5.74, 6) is 0.416. The maximum absolute atomic E-state index is 9.88. The average Bonchev–Trinajstić information content (AvgIpc) is 2.76. The fraction of sp³-hybridized carbons (Fsp3) is 0.500. The van der Waals surface area contributed by atoms with Crippen LogP contribution in [0.15, 0.2) is 18.2 Å².